The number of piperidine rings is 1. The summed E-state index contributed by atoms with van der Waals surface area (Å²) in [5, 5.41) is 3.25. The summed E-state index contributed by atoms with van der Waals surface area (Å²) in [6.07, 6.45) is 9.22. The molecule has 9 heteroatoms. The predicted molar refractivity (Wildman–Crippen MR) is 120 cm³/mol. The zero-order valence-electron chi connectivity index (χ0n) is 19.0. The second kappa shape index (κ2) is 9.65. The summed E-state index contributed by atoms with van der Waals surface area (Å²) in [6, 6.07) is 0. The summed E-state index contributed by atoms with van der Waals surface area (Å²) >= 11 is 0. The number of rotatable bonds is 5. The Labute approximate surface area is 186 Å². The highest BCUT2D eigenvalue weighted by molar-refractivity contribution is 7.88. The van der Waals surface area contributed by atoms with Crippen LogP contribution in [0.1, 0.15) is 40.0 Å². The van der Waals surface area contributed by atoms with Gasteiger partial charge in [-0.25, -0.2) is 13.2 Å². The maximum absolute atomic E-state index is 12.4. The van der Waals surface area contributed by atoms with E-state index in [1.807, 2.05) is 39.0 Å². The molecule has 174 valence electrons. The Morgan fingerprint density at radius 2 is 1.94 bits per heavy atom. The van der Waals surface area contributed by atoms with Gasteiger partial charge in [0.05, 0.1) is 25.1 Å². The number of hydrogen-bond donors (Lipinski definition) is 1. The molecule has 1 saturated heterocycles. The average molecular weight is 454 g/mol. The molecule has 8 nitrogen and oxygen atoms in total. The van der Waals surface area contributed by atoms with Gasteiger partial charge < -0.3 is 19.7 Å². The molecule has 3 aliphatic heterocycles. The van der Waals surface area contributed by atoms with Crippen LogP contribution in [-0.4, -0.2) is 74.9 Å². The SMILES string of the molecule is CC(C)(C)OC(=O)N1CCC(COC2=CC=C(C3=CCNCC3)N(S(C)(=O)=O)C2)CC1. The molecule has 0 atom stereocenters. The van der Waals surface area contributed by atoms with Crippen molar-refractivity contribution in [3.8, 4) is 0 Å². The molecule has 1 N–H and O–H groups in total. The first-order valence-electron chi connectivity index (χ1n) is 10.9. The number of carbonyl (C=O) groups is 1. The summed E-state index contributed by atoms with van der Waals surface area (Å²) < 4.78 is 37.7. The van der Waals surface area contributed by atoms with Crippen molar-refractivity contribution in [2.24, 2.45) is 5.92 Å². The Bertz CT molecular complexity index is 862. The van der Waals surface area contributed by atoms with E-state index >= 15 is 0 Å². The number of sulfonamides is 1. The third-order valence-corrected chi connectivity index (χ3v) is 6.69. The molecule has 0 aliphatic carbocycles. The number of nitrogens with zero attached hydrogens (tertiary/aromatic N) is 2. The fraction of sp³-hybridized carbons (Fsp3) is 0.682. The highest BCUT2D eigenvalue weighted by Crippen LogP contribution is 2.28. The Hall–Kier alpha value is -2.00. The molecule has 0 radical (unpaired) electrons. The van der Waals surface area contributed by atoms with E-state index in [1.54, 1.807) is 4.90 Å². The molecule has 0 aromatic heterocycles. The van der Waals surface area contributed by atoms with Gasteiger partial charge in [-0.1, -0.05) is 6.08 Å². The molecule has 1 fully saturated rings. The minimum absolute atomic E-state index is 0.214. The van der Waals surface area contributed by atoms with Crippen LogP contribution in [0.3, 0.4) is 0 Å². The quantitative estimate of drug-likeness (QED) is 0.689. The molecule has 3 aliphatic rings. The number of hydrogen-bond acceptors (Lipinski definition) is 6. The Kier molecular flexibility index (Phi) is 7.36. The van der Waals surface area contributed by atoms with Gasteiger partial charge in [0.2, 0.25) is 10.0 Å². The zero-order chi connectivity index (χ0) is 22.6. The summed E-state index contributed by atoms with van der Waals surface area (Å²) in [6.45, 7) is 9.20. The Balaban J connectivity index is 1.55. The number of allylic oxidation sites excluding steroid dienone is 3. The fourth-order valence-electron chi connectivity index (χ4n) is 3.88. The molecule has 0 unspecified atom stereocenters. The van der Waals surface area contributed by atoms with E-state index in [1.165, 1.54) is 10.6 Å². The predicted octanol–water partition coefficient (Wildman–Crippen LogP) is 2.61. The van der Waals surface area contributed by atoms with E-state index < -0.39 is 15.6 Å². The fourth-order valence-corrected chi connectivity index (χ4v) is 4.78. The standard InChI is InChI=1S/C22H35N3O5S/c1-22(2,3)30-21(26)24-13-9-17(10-14-24)16-29-19-5-6-20(18-7-11-23-12-8-18)25(15-19)31(4,27)28/h5-7,17,23H,8-16H2,1-4H3. The molecule has 0 spiro atoms. The third kappa shape index (κ3) is 6.74. The number of carbonyl (C=O) groups excluding carboxylic acids is 1. The molecule has 3 rings (SSSR count). The topological polar surface area (TPSA) is 88.2 Å². The lowest BCUT2D eigenvalue weighted by Crippen LogP contribution is -2.42. The zero-order valence-corrected chi connectivity index (χ0v) is 19.8. The van der Waals surface area contributed by atoms with Crippen LogP contribution in [0.15, 0.2) is 35.3 Å². The van der Waals surface area contributed by atoms with Crippen molar-refractivity contribution in [3.63, 3.8) is 0 Å². The van der Waals surface area contributed by atoms with Gasteiger partial charge in [-0.15, -0.1) is 0 Å². The maximum atomic E-state index is 12.4. The van der Waals surface area contributed by atoms with Crippen molar-refractivity contribution >= 4 is 16.1 Å². The van der Waals surface area contributed by atoms with Gasteiger partial charge in [0.15, 0.2) is 0 Å². The van der Waals surface area contributed by atoms with E-state index in [2.05, 4.69) is 5.32 Å². The van der Waals surface area contributed by atoms with E-state index in [0.717, 1.165) is 43.6 Å². The number of nitrogens with one attached hydrogen (secondary N) is 1. The molecular weight excluding hydrogens is 418 g/mol. The molecule has 1 amide bonds. The van der Waals surface area contributed by atoms with Gasteiger partial charge in [-0.2, -0.15) is 0 Å². The highest BCUT2D eigenvalue weighted by atomic mass is 32.2. The molecule has 3 heterocycles. The van der Waals surface area contributed by atoms with Gasteiger partial charge in [0.25, 0.3) is 0 Å². The first-order valence-corrected chi connectivity index (χ1v) is 12.8. The molecular formula is C22H35N3O5S. The average Bonchev–Trinajstić information content (AvgIpc) is 2.71. The summed E-state index contributed by atoms with van der Waals surface area (Å²) in [7, 11) is -3.41. The minimum atomic E-state index is -3.41. The van der Waals surface area contributed by atoms with Gasteiger partial charge in [-0.05, 0) is 70.2 Å². The number of likely N-dealkylation sites (tertiary alicyclic amines) is 1. The van der Waals surface area contributed by atoms with Gasteiger partial charge in [0.1, 0.15) is 11.4 Å². The smallest absolute Gasteiger partial charge is 0.410 e. The molecule has 0 aromatic rings. The van der Waals surface area contributed by atoms with Crippen LogP contribution in [0.2, 0.25) is 0 Å². The summed E-state index contributed by atoms with van der Waals surface area (Å²) in [5.41, 5.74) is 1.29. The van der Waals surface area contributed by atoms with Crippen molar-refractivity contribution < 1.29 is 22.7 Å². The largest absolute Gasteiger partial charge is 0.496 e. The van der Waals surface area contributed by atoms with Crippen LogP contribution in [-0.2, 0) is 19.5 Å². The molecule has 0 aromatic carbocycles. The van der Waals surface area contributed by atoms with E-state index in [0.29, 0.717) is 31.4 Å². The van der Waals surface area contributed by atoms with Crippen molar-refractivity contribution in [1.29, 1.82) is 0 Å². The van der Waals surface area contributed by atoms with Crippen molar-refractivity contribution in [3.05, 3.63) is 35.3 Å². The van der Waals surface area contributed by atoms with Crippen molar-refractivity contribution in [2.75, 3.05) is 45.6 Å². The van der Waals surface area contributed by atoms with Crippen molar-refractivity contribution in [1.82, 2.24) is 14.5 Å². The minimum Gasteiger partial charge on any atom is -0.496 e. The molecule has 31 heavy (non-hydrogen) atoms. The first kappa shape index (κ1) is 23.7. The lowest BCUT2D eigenvalue weighted by atomic mass is 9.98. The molecule has 0 saturated carbocycles. The lowest BCUT2D eigenvalue weighted by Gasteiger charge is -2.34. The van der Waals surface area contributed by atoms with Gasteiger partial charge >= 0.3 is 6.09 Å². The third-order valence-electron chi connectivity index (χ3n) is 5.56. The summed E-state index contributed by atoms with van der Waals surface area (Å²) in [5.74, 6) is 0.974. The Morgan fingerprint density at radius 3 is 2.52 bits per heavy atom. The molecule has 0 bridgehead atoms. The highest BCUT2D eigenvalue weighted by Gasteiger charge is 2.29. The van der Waals surface area contributed by atoms with Gasteiger partial charge in [0, 0.05) is 19.6 Å². The monoisotopic (exact) mass is 453 g/mol. The van der Waals surface area contributed by atoms with Crippen LogP contribution in [0.25, 0.3) is 0 Å². The second-order valence-corrected chi connectivity index (χ2v) is 11.3. The Morgan fingerprint density at radius 1 is 1.23 bits per heavy atom. The normalized spacial score (nSPS) is 21.2. The first-order chi connectivity index (χ1) is 14.5. The van der Waals surface area contributed by atoms with Crippen LogP contribution in [0.4, 0.5) is 4.79 Å². The van der Waals surface area contributed by atoms with E-state index in [4.69, 9.17) is 9.47 Å². The van der Waals surface area contributed by atoms with Crippen LogP contribution < -0.4 is 5.32 Å². The van der Waals surface area contributed by atoms with Crippen LogP contribution in [0, 0.1) is 5.92 Å². The van der Waals surface area contributed by atoms with E-state index in [-0.39, 0.29) is 12.6 Å². The number of amides is 1. The van der Waals surface area contributed by atoms with Gasteiger partial charge in [-0.3, -0.25) is 4.31 Å². The van der Waals surface area contributed by atoms with Crippen LogP contribution >= 0.6 is 0 Å². The second-order valence-electron chi connectivity index (χ2n) is 9.36. The number of ether oxygens (including phenoxy) is 2. The van der Waals surface area contributed by atoms with Crippen LogP contribution in [0.5, 0.6) is 0 Å². The maximum Gasteiger partial charge on any atom is 0.410 e. The lowest BCUT2D eigenvalue weighted by molar-refractivity contribution is 0.0146. The van der Waals surface area contributed by atoms with Crippen molar-refractivity contribution in [2.45, 2.75) is 45.6 Å². The van der Waals surface area contributed by atoms with E-state index in [9.17, 15) is 13.2 Å². The summed E-state index contributed by atoms with van der Waals surface area (Å²) in [4.78, 5) is 13.9.